The molecular formula is C18H22N2O4. The Morgan fingerprint density at radius 2 is 2.00 bits per heavy atom. The molecule has 3 rings (SSSR count). The maximum atomic E-state index is 12.9. The van der Waals surface area contributed by atoms with Gasteiger partial charge in [0.25, 0.3) is 5.56 Å². The molecule has 0 spiro atoms. The average molecular weight is 330 g/mol. The summed E-state index contributed by atoms with van der Waals surface area (Å²) in [6.45, 7) is 4.27. The summed E-state index contributed by atoms with van der Waals surface area (Å²) in [6, 6.07) is 4.52. The number of esters is 1. The number of ether oxygens (including phenoxy) is 1. The monoisotopic (exact) mass is 330 g/mol. The molecule has 1 aliphatic carbocycles. The Bertz CT molecular complexity index is 896. The van der Waals surface area contributed by atoms with E-state index in [-0.39, 0.29) is 17.5 Å². The maximum absolute atomic E-state index is 12.9. The minimum atomic E-state index is -0.503. The second-order valence-electron chi connectivity index (χ2n) is 6.69. The molecule has 1 aromatic heterocycles. The summed E-state index contributed by atoms with van der Waals surface area (Å²) >= 11 is 0. The van der Waals surface area contributed by atoms with E-state index in [1.807, 2.05) is 0 Å². The van der Waals surface area contributed by atoms with Gasteiger partial charge in [-0.1, -0.05) is 26.7 Å². The van der Waals surface area contributed by atoms with E-state index in [1.165, 1.54) is 17.7 Å². The fourth-order valence-corrected chi connectivity index (χ4v) is 3.70. The second-order valence-corrected chi connectivity index (χ2v) is 6.69. The van der Waals surface area contributed by atoms with Gasteiger partial charge in [-0.3, -0.25) is 9.36 Å². The van der Waals surface area contributed by atoms with Crippen LogP contribution in [0.2, 0.25) is 0 Å². The number of nitrogens with one attached hydrogen (secondary N) is 1. The summed E-state index contributed by atoms with van der Waals surface area (Å²) in [5.41, 5.74) is -0.0466. The Hall–Kier alpha value is -2.37. The number of carbonyl (C=O) groups excluding carboxylic acids is 1. The van der Waals surface area contributed by atoms with Crippen LogP contribution >= 0.6 is 0 Å². The molecular weight excluding hydrogens is 308 g/mol. The van der Waals surface area contributed by atoms with Crippen LogP contribution in [-0.2, 0) is 4.74 Å². The van der Waals surface area contributed by atoms with Crippen molar-refractivity contribution >= 4 is 16.9 Å². The molecule has 1 fully saturated rings. The van der Waals surface area contributed by atoms with E-state index >= 15 is 0 Å². The predicted octanol–water partition coefficient (Wildman–Crippen LogP) is 2.47. The van der Waals surface area contributed by atoms with Gasteiger partial charge >= 0.3 is 11.7 Å². The molecule has 1 aromatic carbocycles. The minimum absolute atomic E-state index is 0.0883. The minimum Gasteiger partial charge on any atom is -0.465 e. The van der Waals surface area contributed by atoms with Crippen LogP contribution in [0.4, 0.5) is 0 Å². The van der Waals surface area contributed by atoms with Gasteiger partial charge in [-0.15, -0.1) is 0 Å². The molecule has 1 heterocycles. The Morgan fingerprint density at radius 1 is 1.25 bits per heavy atom. The molecule has 6 heteroatoms. The number of aromatic amines is 1. The Morgan fingerprint density at radius 3 is 2.71 bits per heavy atom. The quantitative estimate of drug-likeness (QED) is 0.858. The van der Waals surface area contributed by atoms with E-state index < -0.39 is 11.7 Å². The molecule has 1 N–H and O–H groups in total. The highest BCUT2D eigenvalue weighted by molar-refractivity contribution is 5.93. The molecule has 24 heavy (non-hydrogen) atoms. The van der Waals surface area contributed by atoms with E-state index in [2.05, 4.69) is 23.6 Å². The lowest BCUT2D eigenvalue weighted by molar-refractivity contribution is 0.0601. The molecule has 0 saturated heterocycles. The van der Waals surface area contributed by atoms with Crippen LogP contribution in [0.5, 0.6) is 0 Å². The Kier molecular flexibility index (Phi) is 4.30. The second kappa shape index (κ2) is 6.26. The molecule has 0 radical (unpaired) electrons. The summed E-state index contributed by atoms with van der Waals surface area (Å²) in [5.74, 6) is 0.244. The van der Waals surface area contributed by atoms with Gasteiger partial charge in [0.15, 0.2) is 0 Å². The van der Waals surface area contributed by atoms with Crippen molar-refractivity contribution < 1.29 is 9.53 Å². The summed E-state index contributed by atoms with van der Waals surface area (Å²) in [7, 11) is 1.29. The van der Waals surface area contributed by atoms with Crippen LogP contribution in [0.15, 0.2) is 27.8 Å². The lowest BCUT2D eigenvalue weighted by atomic mass is 9.78. The van der Waals surface area contributed by atoms with Crippen molar-refractivity contribution in [3.05, 3.63) is 44.6 Å². The molecule has 3 atom stereocenters. The highest BCUT2D eigenvalue weighted by Crippen LogP contribution is 2.36. The Labute approximate surface area is 139 Å². The lowest BCUT2D eigenvalue weighted by Crippen LogP contribution is -2.42. The van der Waals surface area contributed by atoms with Crippen molar-refractivity contribution in [2.24, 2.45) is 11.8 Å². The molecule has 1 saturated carbocycles. The molecule has 0 bridgehead atoms. The molecule has 0 unspecified atom stereocenters. The van der Waals surface area contributed by atoms with E-state index in [0.29, 0.717) is 22.4 Å². The van der Waals surface area contributed by atoms with Crippen LogP contribution in [0.25, 0.3) is 10.9 Å². The van der Waals surface area contributed by atoms with Crippen molar-refractivity contribution in [2.45, 2.75) is 39.2 Å². The molecule has 1 aliphatic rings. The van der Waals surface area contributed by atoms with Gasteiger partial charge in [0, 0.05) is 6.04 Å². The van der Waals surface area contributed by atoms with Crippen molar-refractivity contribution in [3.8, 4) is 0 Å². The first-order chi connectivity index (χ1) is 11.4. The number of hydrogen-bond acceptors (Lipinski definition) is 4. The van der Waals surface area contributed by atoms with Gasteiger partial charge in [-0.25, -0.2) is 9.59 Å². The fraction of sp³-hybridized carbons (Fsp3) is 0.500. The predicted molar refractivity (Wildman–Crippen MR) is 91.4 cm³/mol. The standard InChI is InChI=1S/C18H22N2O4/c1-10-5-4-6-15(11(10)2)20-16(21)13-8-7-12(17(22)24-3)9-14(13)19-18(20)23/h7-11,15H,4-6H2,1-3H3,(H,19,23)/t10-,11+,15+/m0/s1. The van der Waals surface area contributed by atoms with E-state index in [9.17, 15) is 14.4 Å². The average Bonchev–Trinajstić information content (AvgIpc) is 2.57. The van der Waals surface area contributed by atoms with Crippen LogP contribution in [0, 0.1) is 11.8 Å². The zero-order valence-electron chi connectivity index (χ0n) is 14.2. The zero-order valence-corrected chi connectivity index (χ0v) is 14.2. The van der Waals surface area contributed by atoms with Gasteiger partial charge in [0.05, 0.1) is 23.6 Å². The first-order valence-corrected chi connectivity index (χ1v) is 8.31. The SMILES string of the molecule is COC(=O)c1ccc2c(=O)n([C@@H]3CCC[C@H](C)[C@H]3C)c(=O)[nH]c2c1. The number of methoxy groups -OCH3 is 1. The number of rotatable bonds is 2. The largest absolute Gasteiger partial charge is 0.465 e. The normalized spacial score (nSPS) is 24.0. The molecule has 6 nitrogen and oxygen atoms in total. The highest BCUT2D eigenvalue weighted by atomic mass is 16.5. The van der Waals surface area contributed by atoms with E-state index in [4.69, 9.17) is 0 Å². The molecule has 0 aliphatic heterocycles. The van der Waals surface area contributed by atoms with Gasteiger partial charge in [-0.2, -0.15) is 0 Å². The number of fused-ring (bicyclic) bond motifs is 1. The van der Waals surface area contributed by atoms with Crippen molar-refractivity contribution in [1.82, 2.24) is 9.55 Å². The smallest absolute Gasteiger partial charge is 0.337 e. The third kappa shape index (κ3) is 2.66. The number of nitrogens with zero attached hydrogens (tertiary/aromatic N) is 1. The summed E-state index contributed by atoms with van der Waals surface area (Å²) in [5, 5.41) is 0.410. The third-order valence-corrected chi connectivity index (χ3v) is 5.35. The van der Waals surface area contributed by atoms with Crippen molar-refractivity contribution in [2.75, 3.05) is 7.11 Å². The Balaban J connectivity index is 2.16. The number of carbonyl (C=O) groups is 1. The van der Waals surface area contributed by atoms with Crippen LogP contribution in [-0.4, -0.2) is 22.6 Å². The number of benzene rings is 1. The molecule has 128 valence electrons. The van der Waals surface area contributed by atoms with Crippen molar-refractivity contribution in [3.63, 3.8) is 0 Å². The van der Waals surface area contributed by atoms with Crippen LogP contribution in [0.1, 0.15) is 49.5 Å². The summed E-state index contributed by atoms with van der Waals surface area (Å²) in [6.07, 6.45) is 2.97. The van der Waals surface area contributed by atoms with Gasteiger partial charge < -0.3 is 9.72 Å². The number of H-pyrrole nitrogens is 1. The third-order valence-electron chi connectivity index (χ3n) is 5.35. The van der Waals surface area contributed by atoms with Crippen LogP contribution in [0.3, 0.4) is 0 Å². The maximum Gasteiger partial charge on any atom is 0.337 e. The van der Waals surface area contributed by atoms with Crippen molar-refractivity contribution in [1.29, 1.82) is 0 Å². The lowest BCUT2D eigenvalue weighted by Gasteiger charge is -2.34. The van der Waals surface area contributed by atoms with Gasteiger partial charge in [0.2, 0.25) is 0 Å². The zero-order chi connectivity index (χ0) is 17.4. The van der Waals surface area contributed by atoms with Gasteiger partial charge in [0.1, 0.15) is 0 Å². The van der Waals surface area contributed by atoms with E-state index in [1.54, 1.807) is 12.1 Å². The summed E-state index contributed by atoms with van der Waals surface area (Å²) < 4.78 is 6.04. The number of hydrogen-bond donors (Lipinski definition) is 1. The van der Waals surface area contributed by atoms with Gasteiger partial charge in [-0.05, 0) is 36.5 Å². The number of aromatic nitrogens is 2. The fourth-order valence-electron chi connectivity index (χ4n) is 3.70. The first-order valence-electron chi connectivity index (χ1n) is 8.31. The van der Waals surface area contributed by atoms with Crippen LogP contribution < -0.4 is 11.2 Å². The topological polar surface area (TPSA) is 81.2 Å². The first kappa shape index (κ1) is 16.5. The molecule has 2 aromatic rings. The van der Waals surface area contributed by atoms with E-state index in [0.717, 1.165) is 19.3 Å². The molecule has 0 amide bonds. The summed E-state index contributed by atoms with van der Waals surface area (Å²) in [4.78, 5) is 39.8. The highest BCUT2D eigenvalue weighted by Gasteiger charge is 2.30.